The molecule has 4 heteroatoms. The molecule has 3 rings (SSSR count). The van der Waals surface area contributed by atoms with Gasteiger partial charge in [-0.05, 0) is 42.2 Å². The number of aryl methyl sites for hydroxylation is 1. The molecule has 0 bridgehead atoms. The second-order valence-corrected chi connectivity index (χ2v) is 6.09. The Morgan fingerprint density at radius 2 is 1.95 bits per heavy atom. The van der Waals surface area contributed by atoms with Crippen LogP contribution in [0, 0.1) is 5.92 Å². The number of hydrogen-bond acceptors (Lipinski definition) is 4. The van der Waals surface area contributed by atoms with Crippen LogP contribution < -0.4 is 0 Å². The summed E-state index contributed by atoms with van der Waals surface area (Å²) in [5.41, 5.74) is 3.58. The molecule has 1 aliphatic rings. The summed E-state index contributed by atoms with van der Waals surface area (Å²) in [4.78, 5) is 10.9. The predicted molar refractivity (Wildman–Crippen MR) is 86.3 cm³/mol. The van der Waals surface area contributed by atoms with Gasteiger partial charge in [-0.1, -0.05) is 13.0 Å². The number of aliphatic hydroxyl groups excluding tert-OH is 1. The molecule has 116 valence electrons. The highest BCUT2D eigenvalue weighted by Gasteiger charge is 2.31. The summed E-state index contributed by atoms with van der Waals surface area (Å²) in [5.74, 6) is 0.289. The van der Waals surface area contributed by atoms with Gasteiger partial charge < -0.3 is 5.11 Å². The number of hydrogen-bond donors (Lipinski definition) is 1. The van der Waals surface area contributed by atoms with Crippen molar-refractivity contribution in [3.8, 4) is 0 Å². The Hall–Kier alpha value is -1.78. The van der Waals surface area contributed by atoms with Crippen molar-refractivity contribution in [3.63, 3.8) is 0 Å². The molecule has 2 aromatic rings. The van der Waals surface area contributed by atoms with E-state index in [2.05, 4.69) is 33.9 Å². The molecule has 0 aromatic carbocycles. The fraction of sp³-hybridized carbons (Fsp3) is 0.444. The molecule has 0 aliphatic carbocycles. The van der Waals surface area contributed by atoms with E-state index in [0.29, 0.717) is 0 Å². The van der Waals surface area contributed by atoms with Crippen molar-refractivity contribution < 1.29 is 5.11 Å². The van der Waals surface area contributed by atoms with Crippen molar-refractivity contribution in [1.82, 2.24) is 14.9 Å². The highest BCUT2D eigenvalue weighted by atomic mass is 16.3. The van der Waals surface area contributed by atoms with Crippen LogP contribution >= 0.6 is 0 Å². The average Bonchev–Trinajstić information content (AvgIpc) is 2.88. The van der Waals surface area contributed by atoms with Crippen molar-refractivity contribution >= 4 is 0 Å². The van der Waals surface area contributed by atoms with Crippen LogP contribution in [-0.2, 0) is 19.4 Å². The largest absolute Gasteiger partial charge is 0.391 e. The first-order valence-corrected chi connectivity index (χ1v) is 7.97. The Morgan fingerprint density at radius 1 is 1.14 bits per heavy atom. The molecule has 2 aromatic heterocycles. The first kappa shape index (κ1) is 15.1. The molecule has 0 amide bonds. The first-order chi connectivity index (χ1) is 10.7. The van der Waals surface area contributed by atoms with E-state index >= 15 is 0 Å². The van der Waals surface area contributed by atoms with Gasteiger partial charge in [0.15, 0.2) is 0 Å². The van der Waals surface area contributed by atoms with E-state index < -0.39 is 0 Å². The lowest BCUT2D eigenvalue weighted by Crippen LogP contribution is -2.22. The zero-order chi connectivity index (χ0) is 15.4. The smallest absolute Gasteiger partial charge is 0.0710 e. The second-order valence-electron chi connectivity index (χ2n) is 6.09. The van der Waals surface area contributed by atoms with E-state index in [9.17, 15) is 5.11 Å². The summed E-state index contributed by atoms with van der Waals surface area (Å²) in [7, 11) is 0. The van der Waals surface area contributed by atoms with Crippen molar-refractivity contribution in [3.05, 3.63) is 59.7 Å². The summed E-state index contributed by atoms with van der Waals surface area (Å²) in [6.07, 6.45) is 7.24. The van der Waals surface area contributed by atoms with Crippen LogP contribution in [0.4, 0.5) is 0 Å². The van der Waals surface area contributed by atoms with Gasteiger partial charge in [0.25, 0.3) is 0 Å². The zero-order valence-electron chi connectivity index (χ0n) is 13.0. The van der Waals surface area contributed by atoms with E-state index in [0.717, 1.165) is 38.2 Å². The maximum Gasteiger partial charge on any atom is 0.0710 e. The molecular formula is C18H23N3O. The van der Waals surface area contributed by atoms with E-state index in [1.165, 1.54) is 11.1 Å². The van der Waals surface area contributed by atoms with Crippen molar-refractivity contribution in [2.45, 2.75) is 32.4 Å². The predicted octanol–water partition coefficient (Wildman–Crippen LogP) is 2.07. The van der Waals surface area contributed by atoms with Gasteiger partial charge in [-0.2, -0.15) is 0 Å². The van der Waals surface area contributed by atoms with Crippen LogP contribution in [0.2, 0.25) is 0 Å². The van der Waals surface area contributed by atoms with Gasteiger partial charge in [0.05, 0.1) is 11.8 Å². The van der Waals surface area contributed by atoms with Gasteiger partial charge in [0, 0.05) is 44.1 Å². The normalized spacial score (nSPS) is 22.1. The van der Waals surface area contributed by atoms with Gasteiger partial charge in [-0.25, -0.2) is 0 Å². The van der Waals surface area contributed by atoms with Gasteiger partial charge in [-0.15, -0.1) is 0 Å². The first-order valence-electron chi connectivity index (χ1n) is 7.97. The standard InChI is InChI=1S/C18H23N3O/c1-2-14-3-4-17(20-10-14)12-21-11-16(18(22)13-21)9-15-5-7-19-8-6-15/h3-8,10,16,18,22H,2,9,11-13H2,1H3/t16-,18-/m1/s1. The van der Waals surface area contributed by atoms with Crippen LogP contribution in [0.25, 0.3) is 0 Å². The van der Waals surface area contributed by atoms with Gasteiger partial charge >= 0.3 is 0 Å². The van der Waals surface area contributed by atoms with Crippen LogP contribution in [0.5, 0.6) is 0 Å². The molecule has 0 saturated carbocycles. The molecular weight excluding hydrogens is 274 g/mol. The minimum Gasteiger partial charge on any atom is -0.391 e. The van der Waals surface area contributed by atoms with E-state index in [-0.39, 0.29) is 12.0 Å². The quantitative estimate of drug-likeness (QED) is 0.918. The Balaban J connectivity index is 1.58. The second kappa shape index (κ2) is 6.99. The highest BCUT2D eigenvalue weighted by molar-refractivity contribution is 5.15. The van der Waals surface area contributed by atoms with E-state index in [4.69, 9.17) is 0 Å². The van der Waals surface area contributed by atoms with Gasteiger partial charge in [0.1, 0.15) is 0 Å². The van der Waals surface area contributed by atoms with Crippen molar-refractivity contribution in [2.24, 2.45) is 5.92 Å². The average molecular weight is 297 g/mol. The lowest BCUT2D eigenvalue weighted by molar-refractivity contribution is 0.141. The third-order valence-corrected chi connectivity index (χ3v) is 4.41. The molecule has 1 aliphatic heterocycles. The molecule has 0 spiro atoms. The highest BCUT2D eigenvalue weighted by Crippen LogP contribution is 2.22. The number of likely N-dealkylation sites (tertiary alicyclic amines) is 1. The van der Waals surface area contributed by atoms with E-state index in [1.807, 2.05) is 30.7 Å². The van der Waals surface area contributed by atoms with Crippen molar-refractivity contribution in [1.29, 1.82) is 0 Å². The summed E-state index contributed by atoms with van der Waals surface area (Å²) in [5, 5.41) is 10.3. The molecule has 1 fully saturated rings. The van der Waals surface area contributed by atoms with Gasteiger partial charge in [-0.3, -0.25) is 14.9 Å². The molecule has 22 heavy (non-hydrogen) atoms. The summed E-state index contributed by atoms with van der Waals surface area (Å²) >= 11 is 0. The Morgan fingerprint density at radius 3 is 2.64 bits per heavy atom. The third-order valence-electron chi connectivity index (χ3n) is 4.41. The zero-order valence-corrected chi connectivity index (χ0v) is 13.0. The summed E-state index contributed by atoms with van der Waals surface area (Å²) < 4.78 is 0. The number of nitrogens with zero attached hydrogens (tertiary/aromatic N) is 3. The lowest BCUT2D eigenvalue weighted by Gasteiger charge is -2.15. The number of β-amino-alcohol motifs (C(OH)–C–C–N with tert-alkyl or cyclic N) is 1. The molecule has 0 unspecified atom stereocenters. The number of aromatic nitrogens is 2. The number of pyridine rings is 2. The Labute approximate surface area is 131 Å². The number of aliphatic hydroxyl groups is 1. The monoisotopic (exact) mass is 297 g/mol. The molecule has 4 nitrogen and oxygen atoms in total. The third kappa shape index (κ3) is 3.70. The summed E-state index contributed by atoms with van der Waals surface area (Å²) in [6, 6.07) is 8.30. The summed E-state index contributed by atoms with van der Waals surface area (Å²) in [6.45, 7) is 4.60. The lowest BCUT2D eigenvalue weighted by atomic mass is 9.97. The SMILES string of the molecule is CCc1ccc(CN2C[C@@H](Cc3ccncc3)[C@H](O)C2)nc1. The van der Waals surface area contributed by atoms with E-state index in [1.54, 1.807) is 0 Å². The Kier molecular flexibility index (Phi) is 4.80. The topological polar surface area (TPSA) is 49.2 Å². The number of rotatable bonds is 5. The maximum atomic E-state index is 10.3. The maximum absolute atomic E-state index is 10.3. The molecule has 3 heterocycles. The van der Waals surface area contributed by atoms with Crippen LogP contribution in [0.15, 0.2) is 42.9 Å². The van der Waals surface area contributed by atoms with Crippen LogP contribution in [-0.4, -0.2) is 39.2 Å². The van der Waals surface area contributed by atoms with Crippen LogP contribution in [0.3, 0.4) is 0 Å². The van der Waals surface area contributed by atoms with Crippen molar-refractivity contribution in [2.75, 3.05) is 13.1 Å². The van der Waals surface area contributed by atoms with Crippen LogP contribution in [0.1, 0.15) is 23.7 Å². The Bertz CT molecular complexity index is 585. The fourth-order valence-corrected chi connectivity index (χ4v) is 3.08. The fourth-order valence-electron chi connectivity index (χ4n) is 3.08. The van der Waals surface area contributed by atoms with Gasteiger partial charge in [0.2, 0.25) is 0 Å². The molecule has 1 saturated heterocycles. The molecule has 0 radical (unpaired) electrons. The minimum atomic E-state index is -0.261. The molecule has 1 N–H and O–H groups in total. The minimum absolute atomic E-state index is 0.261. The molecule has 2 atom stereocenters.